The molecule has 0 amide bonds. The minimum absolute atomic E-state index is 1.21. The summed E-state index contributed by atoms with van der Waals surface area (Å²) in [6, 6.07) is 41.5. The van der Waals surface area contributed by atoms with Crippen molar-refractivity contribution in [1.29, 1.82) is 0 Å². The highest BCUT2D eigenvalue weighted by molar-refractivity contribution is 5.99. The summed E-state index contributed by atoms with van der Waals surface area (Å²) in [5.74, 6) is 0. The topological polar surface area (TPSA) is 3.24 Å². The maximum Gasteiger partial charge on any atom is 0.0367 e. The van der Waals surface area contributed by atoms with E-state index in [4.69, 9.17) is 0 Å². The molecule has 0 unspecified atom stereocenters. The fraction of sp³-hybridized carbons (Fsp3) is 0.0667. The Balaban J connectivity index is 1.53. The minimum atomic E-state index is 1.21. The summed E-state index contributed by atoms with van der Waals surface area (Å²) in [5, 5.41) is 2.54. The van der Waals surface area contributed by atoms with Crippen LogP contribution >= 0.6 is 0 Å². The van der Waals surface area contributed by atoms with Crippen LogP contribution < -0.4 is 4.90 Å². The van der Waals surface area contributed by atoms with E-state index in [1.165, 1.54) is 49.8 Å². The average Bonchev–Trinajstić information content (AvgIpc) is 2.84. The number of anilines is 1. The molecule has 1 heteroatoms. The van der Waals surface area contributed by atoms with Gasteiger partial charge in [-0.15, -0.1) is 0 Å². The van der Waals surface area contributed by atoms with E-state index in [0.29, 0.717) is 0 Å². The molecular formula is C30H25N. The van der Waals surface area contributed by atoms with E-state index in [1.54, 1.807) is 0 Å². The van der Waals surface area contributed by atoms with Crippen molar-refractivity contribution in [3.63, 3.8) is 0 Å². The molecule has 0 aliphatic carbocycles. The maximum absolute atomic E-state index is 2.30. The van der Waals surface area contributed by atoms with E-state index in [1.807, 2.05) is 0 Å². The predicted octanol–water partition coefficient (Wildman–Crippen LogP) is 7.91. The summed E-state index contributed by atoms with van der Waals surface area (Å²) in [5.41, 5.74) is 8.70. The van der Waals surface area contributed by atoms with Gasteiger partial charge in [-0.25, -0.2) is 0 Å². The van der Waals surface area contributed by atoms with E-state index in [-0.39, 0.29) is 0 Å². The number of hydrogen-bond donors (Lipinski definition) is 0. The lowest BCUT2D eigenvalue weighted by atomic mass is 9.94. The summed E-state index contributed by atoms with van der Waals surface area (Å²) < 4.78 is 0. The molecule has 5 rings (SSSR count). The molecule has 0 fully saturated rings. The Morgan fingerprint density at radius 1 is 0.452 bits per heavy atom. The summed E-state index contributed by atoms with van der Waals surface area (Å²) in [7, 11) is 4.16. The van der Waals surface area contributed by atoms with Crippen LogP contribution in [-0.4, -0.2) is 14.1 Å². The fourth-order valence-corrected chi connectivity index (χ4v) is 4.15. The van der Waals surface area contributed by atoms with Crippen molar-refractivity contribution in [2.24, 2.45) is 0 Å². The second-order valence-electron chi connectivity index (χ2n) is 8.13. The Morgan fingerprint density at radius 3 is 1.84 bits per heavy atom. The van der Waals surface area contributed by atoms with E-state index >= 15 is 0 Å². The van der Waals surface area contributed by atoms with Crippen LogP contribution in [-0.2, 0) is 0 Å². The summed E-state index contributed by atoms with van der Waals surface area (Å²) in [4.78, 5) is 2.14. The SMILES string of the molecule is CN(C)c1cccc(-c2ccc3c(-c4ccc(-c5ccccc5)cc4)cccc3c2)c1. The third kappa shape index (κ3) is 3.83. The Hall–Kier alpha value is -3.84. The molecule has 5 aromatic carbocycles. The Bertz CT molecular complexity index is 1330. The van der Waals surface area contributed by atoms with Crippen molar-refractivity contribution < 1.29 is 0 Å². The van der Waals surface area contributed by atoms with Crippen LogP contribution in [0, 0.1) is 0 Å². The molecule has 0 heterocycles. The van der Waals surface area contributed by atoms with Crippen LogP contribution in [0.15, 0.2) is 115 Å². The first kappa shape index (κ1) is 19.1. The van der Waals surface area contributed by atoms with Crippen molar-refractivity contribution in [3.05, 3.63) is 115 Å². The smallest absolute Gasteiger partial charge is 0.0367 e. The van der Waals surface area contributed by atoms with Gasteiger partial charge in [0.25, 0.3) is 0 Å². The molecule has 31 heavy (non-hydrogen) atoms. The van der Waals surface area contributed by atoms with Gasteiger partial charge in [-0.2, -0.15) is 0 Å². The second kappa shape index (κ2) is 8.12. The quantitative estimate of drug-likeness (QED) is 0.297. The molecule has 0 aliphatic rings. The largest absolute Gasteiger partial charge is 0.378 e. The minimum Gasteiger partial charge on any atom is -0.378 e. The van der Waals surface area contributed by atoms with Gasteiger partial charge in [-0.05, 0) is 62.4 Å². The lowest BCUT2D eigenvalue weighted by Gasteiger charge is -2.14. The standard InChI is InChI=1S/C30H25N/c1-31(2)28-12-6-10-25(21-28)26-18-19-30-27(20-26)11-7-13-29(30)24-16-14-23(15-17-24)22-8-4-3-5-9-22/h3-21H,1-2H3. The number of benzene rings is 5. The zero-order chi connectivity index (χ0) is 21.2. The van der Waals surface area contributed by atoms with Gasteiger partial charge in [0, 0.05) is 19.8 Å². The Morgan fingerprint density at radius 2 is 1.06 bits per heavy atom. The molecule has 5 aromatic rings. The van der Waals surface area contributed by atoms with Gasteiger partial charge in [0.2, 0.25) is 0 Å². The highest BCUT2D eigenvalue weighted by Gasteiger charge is 2.07. The van der Waals surface area contributed by atoms with Gasteiger partial charge >= 0.3 is 0 Å². The van der Waals surface area contributed by atoms with Gasteiger partial charge in [-0.3, -0.25) is 0 Å². The van der Waals surface area contributed by atoms with Gasteiger partial charge < -0.3 is 4.90 Å². The number of fused-ring (bicyclic) bond motifs is 1. The molecular weight excluding hydrogens is 374 g/mol. The van der Waals surface area contributed by atoms with Gasteiger partial charge in [-0.1, -0.05) is 97.1 Å². The van der Waals surface area contributed by atoms with Gasteiger partial charge in [0.1, 0.15) is 0 Å². The molecule has 0 N–H and O–H groups in total. The molecule has 0 saturated carbocycles. The van der Waals surface area contributed by atoms with Crippen LogP contribution in [0.2, 0.25) is 0 Å². The van der Waals surface area contributed by atoms with Crippen LogP contribution in [0.1, 0.15) is 0 Å². The Labute approximate surface area is 184 Å². The lowest BCUT2D eigenvalue weighted by molar-refractivity contribution is 1.13. The Kier molecular flexibility index (Phi) is 5.01. The second-order valence-corrected chi connectivity index (χ2v) is 8.13. The third-order valence-corrected chi connectivity index (χ3v) is 5.88. The first-order valence-corrected chi connectivity index (χ1v) is 10.7. The molecule has 0 aromatic heterocycles. The van der Waals surface area contributed by atoms with Gasteiger partial charge in [0.05, 0.1) is 0 Å². The third-order valence-electron chi connectivity index (χ3n) is 5.88. The number of rotatable bonds is 4. The normalized spacial score (nSPS) is 10.9. The van der Waals surface area contributed by atoms with E-state index in [2.05, 4.69) is 134 Å². The summed E-state index contributed by atoms with van der Waals surface area (Å²) in [6.07, 6.45) is 0. The van der Waals surface area contributed by atoms with Crippen LogP contribution in [0.4, 0.5) is 5.69 Å². The van der Waals surface area contributed by atoms with Crippen molar-refractivity contribution >= 4 is 16.5 Å². The zero-order valence-electron chi connectivity index (χ0n) is 17.9. The highest BCUT2D eigenvalue weighted by Crippen LogP contribution is 2.33. The molecule has 0 spiro atoms. The predicted molar refractivity (Wildman–Crippen MR) is 135 cm³/mol. The van der Waals surface area contributed by atoms with E-state index in [9.17, 15) is 0 Å². The summed E-state index contributed by atoms with van der Waals surface area (Å²) in [6.45, 7) is 0. The zero-order valence-corrected chi connectivity index (χ0v) is 17.9. The average molecular weight is 400 g/mol. The van der Waals surface area contributed by atoms with Crippen molar-refractivity contribution in [2.45, 2.75) is 0 Å². The molecule has 0 atom stereocenters. The van der Waals surface area contributed by atoms with Gasteiger partial charge in [0.15, 0.2) is 0 Å². The van der Waals surface area contributed by atoms with E-state index < -0.39 is 0 Å². The molecule has 1 nitrogen and oxygen atoms in total. The van der Waals surface area contributed by atoms with Crippen molar-refractivity contribution in [1.82, 2.24) is 0 Å². The van der Waals surface area contributed by atoms with Crippen molar-refractivity contribution in [3.8, 4) is 33.4 Å². The molecule has 0 aliphatic heterocycles. The first-order chi connectivity index (χ1) is 15.2. The van der Waals surface area contributed by atoms with Crippen molar-refractivity contribution in [2.75, 3.05) is 19.0 Å². The van der Waals surface area contributed by atoms with Crippen LogP contribution in [0.25, 0.3) is 44.2 Å². The number of nitrogens with zero attached hydrogens (tertiary/aromatic N) is 1. The summed E-state index contributed by atoms with van der Waals surface area (Å²) >= 11 is 0. The molecule has 0 radical (unpaired) electrons. The number of hydrogen-bond acceptors (Lipinski definition) is 1. The maximum atomic E-state index is 2.30. The molecule has 150 valence electrons. The van der Waals surface area contributed by atoms with Crippen LogP contribution in [0.5, 0.6) is 0 Å². The lowest BCUT2D eigenvalue weighted by Crippen LogP contribution is -2.08. The van der Waals surface area contributed by atoms with Crippen LogP contribution in [0.3, 0.4) is 0 Å². The fourth-order valence-electron chi connectivity index (χ4n) is 4.15. The molecule has 0 saturated heterocycles. The van der Waals surface area contributed by atoms with E-state index in [0.717, 1.165) is 0 Å². The monoisotopic (exact) mass is 399 g/mol. The highest BCUT2D eigenvalue weighted by atomic mass is 15.1. The molecule has 0 bridgehead atoms. The first-order valence-electron chi connectivity index (χ1n) is 10.7.